The van der Waals surface area contributed by atoms with Gasteiger partial charge in [0.1, 0.15) is 0 Å². The molecule has 0 N–H and O–H groups in total. The van der Waals surface area contributed by atoms with Crippen molar-refractivity contribution < 1.29 is 9.59 Å². The van der Waals surface area contributed by atoms with Crippen molar-refractivity contribution in [1.82, 2.24) is 4.98 Å². The SMILES string of the molecule is CC(C)C(=O)C(N=O)C(=O)c1cccnc1. The highest BCUT2D eigenvalue weighted by atomic mass is 16.3. The minimum Gasteiger partial charge on any atom is -0.296 e. The van der Waals surface area contributed by atoms with Crippen LogP contribution in [0, 0.1) is 10.8 Å². The highest BCUT2D eigenvalue weighted by molar-refractivity contribution is 6.14. The zero-order valence-corrected chi connectivity index (χ0v) is 9.08. The van der Waals surface area contributed by atoms with Crippen molar-refractivity contribution in [2.24, 2.45) is 11.1 Å². The zero-order chi connectivity index (χ0) is 12.1. The second-order valence-corrected chi connectivity index (χ2v) is 3.67. The van der Waals surface area contributed by atoms with Gasteiger partial charge in [-0.1, -0.05) is 19.0 Å². The van der Waals surface area contributed by atoms with Gasteiger partial charge in [0.25, 0.3) is 0 Å². The predicted octanol–water partition coefficient (Wildman–Crippen LogP) is 1.62. The fraction of sp³-hybridized carbons (Fsp3) is 0.364. The number of aromatic nitrogens is 1. The molecule has 84 valence electrons. The first kappa shape index (κ1) is 12.2. The van der Waals surface area contributed by atoms with Crippen LogP contribution in [0.25, 0.3) is 0 Å². The normalized spacial score (nSPS) is 12.2. The van der Waals surface area contributed by atoms with E-state index in [1.54, 1.807) is 19.9 Å². The largest absolute Gasteiger partial charge is 0.296 e. The van der Waals surface area contributed by atoms with Gasteiger partial charge >= 0.3 is 0 Å². The number of carbonyl (C=O) groups excluding carboxylic acids is 2. The highest BCUT2D eigenvalue weighted by Gasteiger charge is 2.30. The maximum Gasteiger partial charge on any atom is 0.213 e. The number of Topliss-reactive ketones (excluding diaryl/α,β-unsaturated/α-hetero) is 2. The van der Waals surface area contributed by atoms with Gasteiger partial charge in [0.05, 0.1) is 0 Å². The molecule has 0 amide bonds. The van der Waals surface area contributed by atoms with Crippen LogP contribution in [0.15, 0.2) is 29.7 Å². The van der Waals surface area contributed by atoms with Crippen LogP contribution < -0.4 is 0 Å². The molecule has 1 atom stereocenters. The van der Waals surface area contributed by atoms with Crippen molar-refractivity contribution in [3.8, 4) is 0 Å². The number of ketones is 2. The topological polar surface area (TPSA) is 76.5 Å². The lowest BCUT2D eigenvalue weighted by atomic mass is 9.96. The number of rotatable bonds is 5. The lowest BCUT2D eigenvalue weighted by Gasteiger charge is -2.09. The van der Waals surface area contributed by atoms with Gasteiger partial charge in [-0.05, 0) is 12.1 Å². The van der Waals surface area contributed by atoms with Crippen LogP contribution >= 0.6 is 0 Å². The van der Waals surface area contributed by atoms with Crippen LogP contribution in [0.2, 0.25) is 0 Å². The molecule has 5 heteroatoms. The molecular formula is C11H12N2O3. The van der Waals surface area contributed by atoms with Crippen LogP contribution in [0.1, 0.15) is 24.2 Å². The van der Waals surface area contributed by atoms with E-state index in [1.165, 1.54) is 18.5 Å². The van der Waals surface area contributed by atoms with Crippen molar-refractivity contribution >= 4 is 11.6 Å². The van der Waals surface area contributed by atoms with Gasteiger partial charge in [-0.15, -0.1) is 4.91 Å². The van der Waals surface area contributed by atoms with Crippen molar-refractivity contribution in [3.63, 3.8) is 0 Å². The average Bonchev–Trinajstić information content (AvgIpc) is 2.30. The molecule has 1 aromatic rings. The summed E-state index contributed by atoms with van der Waals surface area (Å²) in [7, 11) is 0. The molecular weight excluding hydrogens is 208 g/mol. The predicted molar refractivity (Wildman–Crippen MR) is 58.0 cm³/mol. The standard InChI is InChI=1S/C11H12N2O3/c1-7(2)10(14)9(13-16)11(15)8-4-3-5-12-6-8/h3-7,9H,1-2H3. The number of carbonyl (C=O) groups is 2. The lowest BCUT2D eigenvalue weighted by Crippen LogP contribution is -2.31. The zero-order valence-electron chi connectivity index (χ0n) is 9.08. The van der Waals surface area contributed by atoms with E-state index in [0.717, 1.165) is 0 Å². The Balaban J connectivity index is 2.95. The number of nitroso groups, excluding NO2 is 1. The molecule has 0 aliphatic rings. The molecule has 0 radical (unpaired) electrons. The van der Waals surface area contributed by atoms with Crippen LogP contribution in [0.3, 0.4) is 0 Å². The Morgan fingerprint density at radius 2 is 2.06 bits per heavy atom. The molecule has 1 heterocycles. The summed E-state index contributed by atoms with van der Waals surface area (Å²) in [6.07, 6.45) is 2.82. The maximum absolute atomic E-state index is 11.8. The van der Waals surface area contributed by atoms with E-state index in [4.69, 9.17) is 0 Å². The van der Waals surface area contributed by atoms with Crippen LogP contribution in [-0.2, 0) is 4.79 Å². The fourth-order valence-electron chi connectivity index (χ4n) is 1.21. The summed E-state index contributed by atoms with van der Waals surface area (Å²) in [6, 6.07) is 1.61. The highest BCUT2D eigenvalue weighted by Crippen LogP contribution is 2.10. The Labute approximate surface area is 92.9 Å². The van der Waals surface area contributed by atoms with E-state index in [1.807, 2.05) is 0 Å². The van der Waals surface area contributed by atoms with E-state index >= 15 is 0 Å². The van der Waals surface area contributed by atoms with Crippen molar-refractivity contribution in [1.29, 1.82) is 0 Å². The van der Waals surface area contributed by atoms with Crippen molar-refractivity contribution in [2.75, 3.05) is 0 Å². The molecule has 0 fully saturated rings. The second-order valence-electron chi connectivity index (χ2n) is 3.67. The number of nitrogens with zero attached hydrogens (tertiary/aromatic N) is 2. The summed E-state index contributed by atoms with van der Waals surface area (Å²) in [4.78, 5) is 37.6. The van der Waals surface area contributed by atoms with Gasteiger partial charge in [-0.25, -0.2) is 0 Å². The van der Waals surface area contributed by atoms with Gasteiger partial charge in [0.15, 0.2) is 11.6 Å². The van der Waals surface area contributed by atoms with Crippen molar-refractivity contribution in [2.45, 2.75) is 19.9 Å². The first-order chi connectivity index (χ1) is 7.57. The minimum atomic E-state index is -1.45. The summed E-state index contributed by atoms with van der Waals surface area (Å²) in [5, 5.41) is 2.61. The summed E-state index contributed by atoms with van der Waals surface area (Å²) in [6.45, 7) is 3.24. The third-order valence-corrected chi connectivity index (χ3v) is 2.14. The average molecular weight is 220 g/mol. The van der Waals surface area contributed by atoms with E-state index < -0.39 is 23.5 Å². The second kappa shape index (κ2) is 5.25. The van der Waals surface area contributed by atoms with Crippen LogP contribution in [-0.4, -0.2) is 22.6 Å². The molecule has 0 aliphatic heterocycles. The van der Waals surface area contributed by atoms with Gasteiger partial charge in [-0.2, -0.15) is 0 Å². The molecule has 1 rings (SSSR count). The Kier molecular flexibility index (Phi) is 3.99. The van der Waals surface area contributed by atoms with Gasteiger partial charge in [0.2, 0.25) is 6.04 Å². The molecule has 0 bridgehead atoms. The van der Waals surface area contributed by atoms with Crippen molar-refractivity contribution in [3.05, 3.63) is 35.0 Å². The van der Waals surface area contributed by atoms with E-state index in [2.05, 4.69) is 10.2 Å². The molecule has 1 aromatic heterocycles. The summed E-state index contributed by atoms with van der Waals surface area (Å²) in [5.74, 6) is -1.46. The molecule has 0 aliphatic carbocycles. The first-order valence-electron chi connectivity index (χ1n) is 4.88. The van der Waals surface area contributed by atoms with E-state index in [-0.39, 0.29) is 5.56 Å². The molecule has 5 nitrogen and oxygen atoms in total. The van der Waals surface area contributed by atoms with E-state index in [9.17, 15) is 14.5 Å². The van der Waals surface area contributed by atoms with Gasteiger partial charge in [-0.3, -0.25) is 14.6 Å². The number of hydrogen-bond acceptors (Lipinski definition) is 5. The summed E-state index contributed by atoms with van der Waals surface area (Å²) >= 11 is 0. The Morgan fingerprint density at radius 1 is 1.38 bits per heavy atom. The maximum atomic E-state index is 11.8. The summed E-state index contributed by atoms with van der Waals surface area (Å²) in [5.41, 5.74) is 0.223. The van der Waals surface area contributed by atoms with Crippen LogP contribution in [0.5, 0.6) is 0 Å². The smallest absolute Gasteiger partial charge is 0.213 e. The number of hydrogen-bond donors (Lipinski definition) is 0. The van der Waals surface area contributed by atoms with E-state index in [0.29, 0.717) is 0 Å². The van der Waals surface area contributed by atoms with Gasteiger partial charge < -0.3 is 0 Å². The fourth-order valence-corrected chi connectivity index (χ4v) is 1.21. The monoisotopic (exact) mass is 220 g/mol. The lowest BCUT2D eigenvalue weighted by molar-refractivity contribution is -0.122. The third kappa shape index (κ3) is 2.56. The molecule has 0 saturated heterocycles. The van der Waals surface area contributed by atoms with Crippen LogP contribution in [0.4, 0.5) is 0 Å². The molecule has 1 unspecified atom stereocenters. The third-order valence-electron chi connectivity index (χ3n) is 2.14. The molecule has 0 spiro atoms. The molecule has 0 aromatic carbocycles. The molecule has 16 heavy (non-hydrogen) atoms. The number of pyridine rings is 1. The first-order valence-corrected chi connectivity index (χ1v) is 4.88. The van der Waals surface area contributed by atoms with Gasteiger partial charge in [0, 0.05) is 23.9 Å². The Morgan fingerprint density at radius 3 is 2.50 bits per heavy atom. The quantitative estimate of drug-likeness (QED) is 0.429. The Hall–Kier alpha value is -1.91. The minimum absolute atomic E-state index is 0.223. The Bertz CT molecular complexity index is 401. The summed E-state index contributed by atoms with van der Waals surface area (Å²) < 4.78 is 0. The molecule has 0 saturated carbocycles.